The summed E-state index contributed by atoms with van der Waals surface area (Å²) in [5.74, 6) is -0.773. The molecule has 7 nitrogen and oxygen atoms in total. The van der Waals surface area contributed by atoms with Gasteiger partial charge in [-0.1, -0.05) is 11.6 Å². The van der Waals surface area contributed by atoms with E-state index in [1.54, 1.807) is 4.90 Å². The summed E-state index contributed by atoms with van der Waals surface area (Å²) in [7, 11) is -1.60. The van der Waals surface area contributed by atoms with E-state index < -0.39 is 32.5 Å². The summed E-state index contributed by atoms with van der Waals surface area (Å²) in [6.07, 6.45) is -3.91. The SMILES string of the molecule is COc1cc(F)c(S(=O)(=O)N2CCN(c3ncc(C(F)(F)F)cc3Cl)CC2)cc1OC. The molecule has 2 aromatic rings. The van der Waals surface area contributed by atoms with Crippen LogP contribution in [0.3, 0.4) is 0 Å². The Morgan fingerprint density at radius 2 is 1.61 bits per heavy atom. The number of piperazine rings is 1. The van der Waals surface area contributed by atoms with Crippen LogP contribution in [-0.4, -0.2) is 58.1 Å². The number of hydrogen-bond acceptors (Lipinski definition) is 6. The van der Waals surface area contributed by atoms with Crippen LogP contribution in [0.2, 0.25) is 5.02 Å². The van der Waals surface area contributed by atoms with Crippen LogP contribution >= 0.6 is 11.6 Å². The molecule has 0 N–H and O–H groups in total. The second kappa shape index (κ2) is 8.67. The summed E-state index contributed by atoms with van der Waals surface area (Å²) < 4.78 is 89.8. The minimum atomic E-state index is -4.58. The normalized spacial score (nSPS) is 15.8. The van der Waals surface area contributed by atoms with Crippen molar-refractivity contribution in [3.63, 3.8) is 0 Å². The molecule has 0 atom stereocenters. The molecule has 13 heteroatoms. The van der Waals surface area contributed by atoms with E-state index in [4.69, 9.17) is 21.1 Å². The second-order valence-corrected chi connectivity index (χ2v) is 8.87. The van der Waals surface area contributed by atoms with E-state index in [9.17, 15) is 26.0 Å². The van der Waals surface area contributed by atoms with Crippen LogP contribution in [0.4, 0.5) is 23.4 Å². The van der Waals surface area contributed by atoms with Gasteiger partial charge >= 0.3 is 6.18 Å². The monoisotopic (exact) mass is 483 g/mol. The largest absolute Gasteiger partial charge is 0.493 e. The zero-order valence-corrected chi connectivity index (χ0v) is 18.0. The van der Waals surface area contributed by atoms with E-state index in [0.717, 1.165) is 22.5 Å². The number of benzene rings is 1. The number of sulfonamides is 1. The lowest BCUT2D eigenvalue weighted by Crippen LogP contribution is -2.49. The number of hydrogen-bond donors (Lipinski definition) is 0. The Morgan fingerprint density at radius 1 is 1.03 bits per heavy atom. The van der Waals surface area contributed by atoms with Gasteiger partial charge in [-0.2, -0.15) is 17.5 Å². The van der Waals surface area contributed by atoms with E-state index in [2.05, 4.69) is 4.98 Å². The number of pyridine rings is 1. The molecule has 3 rings (SSSR count). The predicted octanol–water partition coefficient (Wildman–Crippen LogP) is 3.42. The highest BCUT2D eigenvalue weighted by atomic mass is 35.5. The number of rotatable bonds is 5. The summed E-state index contributed by atoms with van der Waals surface area (Å²) in [6, 6.07) is 2.74. The minimum absolute atomic E-state index is 0.0465. The standard InChI is InChI=1S/C18H18ClF4N3O4S/c1-29-14-8-13(20)16(9-15(14)30-2)31(27,28)26-5-3-25(4-6-26)17-12(19)7-11(10-24-17)18(21,22)23/h7-10H,3-6H2,1-2H3. The van der Waals surface area contributed by atoms with Crippen LogP contribution in [0, 0.1) is 5.82 Å². The van der Waals surface area contributed by atoms with Crippen LogP contribution in [0.1, 0.15) is 5.56 Å². The molecular weight excluding hydrogens is 466 g/mol. The zero-order valence-electron chi connectivity index (χ0n) is 16.4. The molecule has 1 aliphatic rings. The average molecular weight is 484 g/mol. The first-order valence-electron chi connectivity index (χ1n) is 8.88. The molecule has 1 aromatic heterocycles. The zero-order chi connectivity index (χ0) is 23.0. The van der Waals surface area contributed by atoms with Gasteiger partial charge in [0.05, 0.1) is 24.8 Å². The molecule has 0 unspecified atom stereocenters. The van der Waals surface area contributed by atoms with Crippen molar-refractivity contribution in [2.75, 3.05) is 45.3 Å². The predicted molar refractivity (Wildman–Crippen MR) is 105 cm³/mol. The number of aromatic nitrogens is 1. The van der Waals surface area contributed by atoms with Crippen LogP contribution < -0.4 is 14.4 Å². The molecule has 0 bridgehead atoms. The molecule has 0 saturated carbocycles. The van der Waals surface area contributed by atoms with Crippen molar-refractivity contribution in [2.45, 2.75) is 11.1 Å². The van der Waals surface area contributed by atoms with E-state index >= 15 is 0 Å². The van der Waals surface area contributed by atoms with Gasteiger partial charge in [0.25, 0.3) is 0 Å². The molecule has 31 heavy (non-hydrogen) atoms. The number of alkyl halides is 3. The van der Waals surface area contributed by atoms with E-state index in [1.165, 1.54) is 14.2 Å². The van der Waals surface area contributed by atoms with Gasteiger partial charge in [-0.15, -0.1) is 0 Å². The quantitative estimate of drug-likeness (QED) is 0.607. The van der Waals surface area contributed by atoms with Gasteiger partial charge in [-0.3, -0.25) is 0 Å². The molecule has 0 aliphatic carbocycles. The Morgan fingerprint density at radius 3 is 2.13 bits per heavy atom. The minimum Gasteiger partial charge on any atom is -0.493 e. The van der Waals surface area contributed by atoms with E-state index in [1.807, 2.05) is 0 Å². The molecule has 0 spiro atoms. The summed E-state index contributed by atoms with van der Waals surface area (Å²) in [6.45, 7) is 0.114. The first-order valence-corrected chi connectivity index (χ1v) is 10.7. The van der Waals surface area contributed by atoms with E-state index in [-0.39, 0.29) is 48.5 Å². The van der Waals surface area contributed by atoms with Crippen molar-refractivity contribution in [3.8, 4) is 11.5 Å². The first kappa shape index (κ1) is 23.4. The van der Waals surface area contributed by atoms with Crippen molar-refractivity contribution >= 4 is 27.4 Å². The van der Waals surface area contributed by atoms with Gasteiger partial charge in [0, 0.05) is 44.5 Å². The maximum atomic E-state index is 14.5. The van der Waals surface area contributed by atoms with Crippen LogP contribution in [-0.2, 0) is 16.2 Å². The van der Waals surface area contributed by atoms with Gasteiger partial charge < -0.3 is 14.4 Å². The number of ether oxygens (including phenoxy) is 2. The Balaban J connectivity index is 1.79. The second-order valence-electron chi connectivity index (χ2n) is 6.56. The number of methoxy groups -OCH3 is 2. The highest BCUT2D eigenvalue weighted by Crippen LogP contribution is 2.35. The summed E-state index contributed by atoms with van der Waals surface area (Å²) in [5, 5.41) is -0.197. The first-order chi connectivity index (χ1) is 14.5. The fraction of sp³-hybridized carbons (Fsp3) is 0.389. The smallest absolute Gasteiger partial charge is 0.417 e. The van der Waals surface area contributed by atoms with Gasteiger partial charge in [0.1, 0.15) is 16.5 Å². The lowest BCUT2D eigenvalue weighted by molar-refractivity contribution is -0.137. The fourth-order valence-corrected chi connectivity index (χ4v) is 4.90. The van der Waals surface area contributed by atoms with Crippen molar-refractivity contribution in [2.24, 2.45) is 0 Å². The number of anilines is 1. The topological polar surface area (TPSA) is 72.0 Å². The third-order valence-corrected chi connectivity index (χ3v) is 6.93. The molecule has 1 fully saturated rings. The molecule has 2 heterocycles. The van der Waals surface area contributed by atoms with Gasteiger partial charge in [0.2, 0.25) is 10.0 Å². The van der Waals surface area contributed by atoms with Gasteiger partial charge in [-0.25, -0.2) is 17.8 Å². The highest BCUT2D eigenvalue weighted by molar-refractivity contribution is 7.89. The Bertz CT molecular complexity index is 1070. The maximum absolute atomic E-state index is 14.5. The van der Waals surface area contributed by atoms with Crippen LogP contribution in [0.15, 0.2) is 29.3 Å². The maximum Gasteiger partial charge on any atom is 0.417 e. The lowest BCUT2D eigenvalue weighted by atomic mass is 10.2. The molecule has 0 amide bonds. The number of nitrogens with zero attached hydrogens (tertiary/aromatic N) is 3. The average Bonchev–Trinajstić information content (AvgIpc) is 2.72. The third-order valence-electron chi connectivity index (χ3n) is 4.74. The Hall–Kier alpha value is -2.31. The van der Waals surface area contributed by atoms with E-state index in [0.29, 0.717) is 6.20 Å². The summed E-state index contributed by atoms with van der Waals surface area (Å²) >= 11 is 5.96. The van der Waals surface area contributed by atoms with Gasteiger partial charge in [-0.05, 0) is 6.07 Å². The number of halogens is 5. The molecule has 1 aromatic carbocycles. The van der Waals surface area contributed by atoms with Gasteiger partial charge in [0.15, 0.2) is 11.5 Å². The Kier molecular flexibility index (Phi) is 6.53. The van der Waals surface area contributed by atoms with Crippen LogP contribution in [0.25, 0.3) is 0 Å². The molecule has 1 saturated heterocycles. The summed E-state index contributed by atoms with van der Waals surface area (Å²) in [5.41, 5.74) is -0.980. The molecule has 1 aliphatic heterocycles. The summed E-state index contributed by atoms with van der Waals surface area (Å²) in [4.78, 5) is 4.79. The lowest BCUT2D eigenvalue weighted by Gasteiger charge is -2.35. The van der Waals surface area contributed by atoms with Crippen molar-refractivity contribution in [1.82, 2.24) is 9.29 Å². The molecule has 170 valence electrons. The van der Waals surface area contributed by atoms with Crippen molar-refractivity contribution < 1.29 is 35.5 Å². The van der Waals surface area contributed by atoms with Crippen molar-refractivity contribution in [1.29, 1.82) is 0 Å². The Labute approximate surface area is 181 Å². The molecular formula is C18H18ClF4N3O4S. The highest BCUT2D eigenvalue weighted by Gasteiger charge is 2.34. The molecule has 0 radical (unpaired) electrons. The fourth-order valence-electron chi connectivity index (χ4n) is 3.13. The van der Waals surface area contributed by atoms with Crippen molar-refractivity contribution in [3.05, 3.63) is 40.8 Å². The van der Waals surface area contributed by atoms with Crippen LogP contribution in [0.5, 0.6) is 11.5 Å². The third kappa shape index (κ3) is 4.65.